The van der Waals surface area contributed by atoms with Gasteiger partial charge in [-0.3, -0.25) is 4.99 Å². The molecule has 0 radical (unpaired) electrons. The van der Waals surface area contributed by atoms with Gasteiger partial charge in [-0.15, -0.1) is 5.10 Å². The summed E-state index contributed by atoms with van der Waals surface area (Å²) in [5.74, 6) is 2.11. The molecule has 1 fully saturated rings. The molecule has 2 aromatic rings. The maximum Gasteiger partial charge on any atom is 0.191 e. The van der Waals surface area contributed by atoms with Gasteiger partial charge in [-0.05, 0) is 19.3 Å². The normalized spacial score (nSPS) is 26.2. The van der Waals surface area contributed by atoms with E-state index >= 15 is 0 Å². The first kappa shape index (κ1) is 21.3. The molecule has 3 heterocycles. The Hall–Kier alpha value is -1.98. The zero-order chi connectivity index (χ0) is 21.1. The fourth-order valence-corrected chi connectivity index (χ4v) is 4.68. The van der Waals surface area contributed by atoms with Gasteiger partial charge in [-0.2, -0.15) is 0 Å². The predicted molar refractivity (Wildman–Crippen MR) is 117 cm³/mol. The van der Waals surface area contributed by atoms with Crippen LogP contribution in [0.4, 0.5) is 5.82 Å². The topological polar surface area (TPSA) is 133 Å². The summed E-state index contributed by atoms with van der Waals surface area (Å²) in [5.41, 5.74) is 1.18. The van der Waals surface area contributed by atoms with Crippen molar-refractivity contribution in [2.45, 2.75) is 62.9 Å². The number of aliphatic imine (C=N–C) groups is 1. The molecule has 4 rings (SSSR count). The minimum absolute atomic E-state index is 0.246. The lowest BCUT2D eigenvalue weighted by Crippen LogP contribution is -2.36. The van der Waals surface area contributed by atoms with Crippen LogP contribution in [0.5, 0.6) is 0 Å². The fourth-order valence-electron chi connectivity index (χ4n) is 3.99. The van der Waals surface area contributed by atoms with Crippen LogP contribution in [0.1, 0.15) is 45.6 Å². The Labute approximate surface area is 180 Å². The lowest BCUT2D eigenvalue weighted by Gasteiger charge is -2.17. The molecule has 0 unspecified atom stereocenters. The number of hydrogen-bond acceptors (Lipinski definition) is 10. The minimum Gasteiger partial charge on any atom is -0.390 e. The summed E-state index contributed by atoms with van der Waals surface area (Å²) < 4.78 is 1.65. The summed E-state index contributed by atoms with van der Waals surface area (Å²) >= 11 is 1.59. The first-order valence-electron chi connectivity index (χ1n) is 10.8. The maximum absolute atomic E-state index is 10.8. The number of thioether (sulfide) groups is 1. The lowest BCUT2D eigenvalue weighted by molar-refractivity contribution is 0.0137. The molecule has 4 atom stereocenters. The Morgan fingerprint density at radius 1 is 1.20 bits per heavy atom. The Morgan fingerprint density at radius 2 is 2.07 bits per heavy atom. The second-order valence-electron chi connectivity index (χ2n) is 7.77. The second kappa shape index (κ2) is 9.44. The van der Waals surface area contributed by atoms with E-state index in [1.807, 2.05) is 0 Å². The van der Waals surface area contributed by atoms with Crippen molar-refractivity contribution in [3.8, 4) is 0 Å². The SMILES string of the molecule is CCCCNc1nc(SCCC)nc2c1nnn2[C@@H]1C[C@H](C2=NCCN2)[C@@H](O)[C@H]1O. The number of nitrogens with one attached hydrogen (secondary N) is 2. The van der Waals surface area contributed by atoms with Crippen molar-refractivity contribution in [1.29, 1.82) is 0 Å². The molecule has 2 aliphatic rings. The van der Waals surface area contributed by atoms with Gasteiger partial charge in [0.05, 0.1) is 18.7 Å². The van der Waals surface area contributed by atoms with Crippen LogP contribution < -0.4 is 10.6 Å². The standard InChI is InChI=1S/C19H30N8O2S/c1-3-5-6-20-17-13-18(24-19(23-17)30-9-4-2)27(26-25-13)12-10-11(14(28)15(12)29)16-21-7-8-22-16/h11-12,14-15,28-29H,3-10H2,1-2H3,(H,21,22)(H,20,23,24)/t11-,12+,14+,15-/m0/s1. The van der Waals surface area contributed by atoms with Crippen LogP contribution in [-0.4, -0.2) is 78.6 Å². The number of aliphatic hydroxyl groups excluding tert-OH is 2. The van der Waals surface area contributed by atoms with Gasteiger partial charge in [0.1, 0.15) is 11.9 Å². The van der Waals surface area contributed by atoms with E-state index in [0.29, 0.717) is 35.1 Å². The van der Waals surface area contributed by atoms with Crippen molar-refractivity contribution in [1.82, 2.24) is 30.3 Å². The van der Waals surface area contributed by atoms with Crippen LogP contribution in [0.25, 0.3) is 11.2 Å². The third kappa shape index (κ3) is 4.10. The molecule has 0 saturated heterocycles. The highest BCUT2D eigenvalue weighted by Gasteiger charge is 2.46. The maximum atomic E-state index is 10.8. The molecule has 2 aromatic heterocycles. The highest BCUT2D eigenvalue weighted by Crippen LogP contribution is 2.37. The number of amidine groups is 1. The highest BCUT2D eigenvalue weighted by atomic mass is 32.2. The Morgan fingerprint density at radius 3 is 2.80 bits per heavy atom. The Kier molecular flexibility index (Phi) is 6.69. The lowest BCUT2D eigenvalue weighted by atomic mass is 10.0. The van der Waals surface area contributed by atoms with Crippen molar-refractivity contribution in [3.05, 3.63) is 0 Å². The van der Waals surface area contributed by atoms with Crippen LogP contribution >= 0.6 is 11.8 Å². The van der Waals surface area contributed by atoms with Crippen LogP contribution in [0.2, 0.25) is 0 Å². The van der Waals surface area contributed by atoms with Gasteiger partial charge in [0, 0.05) is 24.8 Å². The summed E-state index contributed by atoms with van der Waals surface area (Å²) in [6, 6.07) is -0.428. The van der Waals surface area contributed by atoms with Crippen molar-refractivity contribution in [3.63, 3.8) is 0 Å². The number of unbranched alkanes of at least 4 members (excludes halogenated alkanes) is 1. The largest absolute Gasteiger partial charge is 0.390 e. The van der Waals surface area contributed by atoms with E-state index in [2.05, 4.69) is 44.8 Å². The van der Waals surface area contributed by atoms with Crippen molar-refractivity contribution in [2.24, 2.45) is 10.9 Å². The van der Waals surface area contributed by atoms with Gasteiger partial charge >= 0.3 is 0 Å². The second-order valence-corrected chi connectivity index (χ2v) is 8.84. The van der Waals surface area contributed by atoms with E-state index in [9.17, 15) is 10.2 Å². The molecule has 0 aromatic carbocycles. The van der Waals surface area contributed by atoms with Crippen LogP contribution in [-0.2, 0) is 0 Å². The number of nitrogens with zero attached hydrogens (tertiary/aromatic N) is 6. The minimum atomic E-state index is -0.969. The molecule has 11 heteroatoms. The number of anilines is 1. The summed E-state index contributed by atoms with van der Waals surface area (Å²) in [6.45, 7) is 6.52. The van der Waals surface area contributed by atoms with E-state index < -0.39 is 18.2 Å². The molecule has 1 aliphatic carbocycles. The number of fused-ring (bicyclic) bond motifs is 1. The van der Waals surface area contributed by atoms with Crippen molar-refractivity contribution in [2.75, 3.05) is 30.7 Å². The first-order valence-corrected chi connectivity index (χ1v) is 11.8. The highest BCUT2D eigenvalue weighted by molar-refractivity contribution is 7.99. The summed E-state index contributed by atoms with van der Waals surface area (Å²) in [7, 11) is 0. The van der Waals surface area contributed by atoms with E-state index in [1.54, 1.807) is 16.4 Å². The fraction of sp³-hybridized carbons (Fsp3) is 0.737. The van der Waals surface area contributed by atoms with Gasteiger partial charge in [0.15, 0.2) is 22.1 Å². The van der Waals surface area contributed by atoms with Crippen molar-refractivity contribution >= 4 is 34.6 Å². The molecule has 0 amide bonds. The van der Waals surface area contributed by atoms with Gasteiger partial charge in [0.2, 0.25) is 0 Å². The molecule has 10 nitrogen and oxygen atoms in total. The summed E-state index contributed by atoms with van der Waals surface area (Å²) in [4.78, 5) is 13.8. The number of rotatable bonds is 9. The molecule has 4 N–H and O–H groups in total. The monoisotopic (exact) mass is 434 g/mol. The third-order valence-corrected chi connectivity index (χ3v) is 6.63. The third-order valence-electron chi connectivity index (χ3n) is 5.58. The number of aliphatic hydroxyl groups is 2. The van der Waals surface area contributed by atoms with Gasteiger partial charge in [-0.1, -0.05) is 37.2 Å². The molecule has 164 valence electrons. The van der Waals surface area contributed by atoms with Crippen molar-refractivity contribution < 1.29 is 10.2 Å². The molecule has 30 heavy (non-hydrogen) atoms. The van der Waals surface area contributed by atoms with Gasteiger partial charge < -0.3 is 20.8 Å². The van der Waals surface area contributed by atoms with E-state index in [-0.39, 0.29) is 5.92 Å². The summed E-state index contributed by atoms with van der Waals surface area (Å²) in [5, 5.41) is 37.3. The van der Waals surface area contributed by atoms with Crippen LogP contribution in [0.3, 0.4) is 0 Å². The zero-order valence-corrected chi connectivity index (χ0v) is 18.3. The first-order chi connectivity index (χ1) is 14.6. The Bertz CT molecular complexity index is 904. The van der Waals surface area contributed by atoms with Crippen LogP contribution in [0, 0.1) is 5.92 Å². The predicted octanol–water partition coefficient (Wildman–Crippen LogP) is 1.22. The molecular weight excluding hydrogens is 404 g/mol. The summed E-state index contributed by atoms with van der Waals surface area (Å²) in [6.07, 6.45) is 1.77. The molecule has 0 spiro atoms. The van der Waals surface area contributed by atoms with Crippen LogP contribution in [0.15, 0.2) is 10.1 Å². The molecule has 1 saturated carbocycles. The van der Waals surface area contributed by atoms with E-state index in [0.717, 1.165) is 43.9 Å². The van der Waals surface area contributed by atoms with Gasteiger partial charge in [0.25, 0.3) is 0 Å². The smallest absolute Gasteiger partial charge is 0.191 e. The van der Waals surface area contributed by atoms with E-state index in [1.165, 1.54) is 0 Å². The number of hydrogen-bond donors (Lipinski definition) is 4. The number of aromatic nitrogens is 5. The quantitative estimate of drug-likeness (QED) is 0.261. The molecular formula is C19H30N8O2S. The van der Waals surface area contributed by atoms with Gasteiger partial charge in [-0.25, -0.2) is 14.6 Å². The molecule has 1 aliphatic heterocycles. The Balaban J connectivity index is 1.67. The zero-order valence-electron chi connectivity index (χ0n) is 17.5. The average Bonchev–Trinajstić information content (AvgIpc) is 3.47. The van der Waals surface area contributed by atoms with E-state index in [4.69, 9.17) is 4.98 Å². The molecule has 0 bridgehead atoms. The average molecular weight is 435 g/mol.